The molecule has 0 unspecified atom stereocenters. The summed E-state index contributed by atoms with van der Waals surface area (Å²) in [5.74, 6) is 0.558. The van der Waals surface area contributed by atoms with E-state index in [1.165, 1.54) is 11.3 Å². The quantitative estimate of drug-likeness (QED) is 0.413. The molecule has 0 radical (unpaired) electrons. The Morgan fingerprint density at radius 3 is 2.86 bits per heavy atom. The Hall–Kier alpha value is -3.90. The molecule has 37 heavy (non-hydrogen) atoms. The Morgan fingerprint density at radius 1 is 1.27 bits per heavy atom. The molecule has 8 nitrogen and oxygen atoms in total. The van der Waals surface area contributed by atoms with E-state index in [-0.39, 0.29) is 30.9 Å². The number of nitrogens with one attached hydrogen (secondary N) is 1. The molecule has 1 aliphatic rings. The lowest BCUT2D eigenvalue weighted by Crippen LogP contribution is -2.36. The SMILES string of the molecule is CCOc1ccccc1[C@@H](C)CC(=O)Nc1sc2c(c1C#N)CCN(C(=O)OCCc1cccnc1)C2. The Labute approximate surface area is 220 Å². The second kappa shape index (κ2) is 12.4. The summed E-state index contributed by atoms with van der Waals surface area (Å²) in [5.41, 5.74) is 3.37. The van der Waals surface area contributed by atoms with E-state index >= 15 is 0 Å². The van der Waals surface area contributed by atoms with Gasteiger partial charge in [0.1, 0.15) is 16.8 Å². The number of hydrogen-bond acceptors (Lipinski definition) is 7. The van der Waals surface area contributed by atoms with Crippen LogP contribution in [0.5, 0.6) is 5.75 Å². The molecule has 1 aromatic carbocycles. The van der Waals surface area contributed by atoms with Gasteiger partial charge in [-0.1, -0.05) is 31.2 Å². The van der Waals surface area contributed by atoms with Gasteiger partial charge in [-0.3, -0.25) is 9.78 Å². The van der Waals surface area contributed by atoms with Crippen molar-refractivity contribution in [1.29, 1.82) is 5.26 Å². The number of nitriles is 1. The van der Waals surface area contributed by atoms with Crippen LogP contribution in [0.25, 0.3) is 0 Å². The predicted octanol–water partition coefficient (Wildman–Crippen LogP) is 5.28. The highest BCUT2D eigenvalue weighted by Crippen LogP contribution is 2.37. The number of hydrogen-bond donors (Lipinski definition) is 1. The lowest BCUT2D eigenvalue weighted by Gasteiger charge is -2.26. The third kappa shape index (κ3) is 6.46. The van der Waals surface area contributed by atoms with E-state index in [4.69, 9.17) is 9.47 Å². The van der Waals surface area contributed by atoms with Crippen LogP contribution in [-0.2, 0) is 28.9 Å². The Balaban J connectivity index is 1.36. The van der Waals surface area contributed by atoms with Crippen LogP contribution in [0.3, 0.4) is 0 Å². The van der Waals surface area contributed by atoms with Gasteiger partial charge in [-0.25, -0.2) is 4.79 Å². The first-order chi connectivity index (χ1) is 18.0. The average Bonchev–Trinajstić information content (AvgIpc) is 3.25. The normalized spacial score (nSPS) is 13.3. The molecular weight excluding hydrogens is 488 g/mol. The van der Waals surface area contributed by atoms with Crippen LogP contribution in [0.2, 0.25) is 0 Å². The first-order valence-electron chi connectivity index (χ1n) is 12.4. The molecule has 1 N–H and O–H groups in total. The fourth-order valence-electron chi connectivity index (χ4n) is 4.40. The highest BCUT2D eigenvalue weighted by Gasteiger charge is 2.28. The molecule has 1 aliphatic heterocycles. The van der Waals surface area contributed by atoms with Gasteiger partial charge in [-0.2, -0.15) is 5.26 Å². The van der Waals surface area contributed by atoms with Crippen LogP contribution in [0, 0.1) is 11.3 Å². The van der Waals surface area contributed by atoms with E-state index in [0.29, 0.717) is 43.1 Å². The minimum Gasteiger partial charge on any atom is -0.494 e. The molecule has 0 spiro atoms. The second-order valence-electron chi connectivity index (χ2n) is 8.84. The van der Waals surface area contributed by atoms with Gasteiger partial charge in [0.2, 0.25) is 5.91 Å². The van der Waals surface area contributed by atoms with Crippen LogP contribution >= 0.6 is 11.3 Å². The van der Waals surface area contributed by atoms with Crippen molar-refractivity contribution < 1.29 is 19.1 Å². The molecule has 192 valence electrons. The van der Waals surface area contributed by atoms with E-state index in [9.17, 15) is 14.9 Å². The van der Waals surface area contributed by atoms with Crippen molar-refractivity contribution in [1.82, 2.24) is 9.88 Å². The summed E-state index contributed by atoms with van der Waals surface area (Å²) in [4.78, 5) is 32.1. The van der Waals surface area contributed by atoms with E-state index in [1.54, 1.807) is 17.3 Å². The third-order valence-corrected chi connectivity index (χ3v) is 7.39. The number of pyridine rings is 1. The topological polar surface area (TPSA) is 105 Å². The number of para-hydroxylation sites is 1. The molecule has 0 bridgehead atoms. The Morgan fingerprint density at radius 2 is 2.11 bits per heavy atom. The molecule has 0 aliphatic carbocycles. The molecule has 3 aromatic rings. The highest BCUT2D eigenvalue weighted by atomic mass is 32.1. The van der Waals surface area contributed by atoms with Gasteiger partial charge in [-0.15, -0.1) is 11.3 Å². The summed E-state index contributed by atoms with van der Waals surface area (Å²) in [6.07, 6.45) is 4.47. The predicted molar refractivity (Wildman–Crippen MR) is 142 cm³/mol. The lowest BCUT2D eigenvalue weighted by molar-refractivity contribution is -0.116. The van der Waals surface area contributed by atoms with Crippen molar-refractivity contribution in [2.24, 2.45) is 0 Å². The molecule has 4 rings (SSSR count). The molecule has 0 saturated carbocycles. The fraction of sp³-hybridized carbons (Fsp3) is 0.357. The number of nitrogens with zero attached hydrogens (tertiary/aromatic N) is 3. The standard InChI is InChI=1S/C28H30N4O4S/c1-3-35-24-9-5-4-8-21(24)19(2)15-26(33)31-27-23(16-29)22-10-13-32(18-25(22)37-27)28(34)36-14-11-20-7-6-12-30-17-20/h4-9,12,17,19H,3,10-11,13-15,18H2,1-2H3,(H,31,33)/t19-/m0/s1. The van der Waals surface area contributed by atoms with Gasteiger partial charge in [0, 0.05) is 36.7 Å². The van der Waals surface area contributed by atoms with Gasteiger partial charge < -0.3 is 19.7 Å². The molecule has 2 aromatic heterocycles. The maximum atomic E-state index is 12.9. The van der Waals surface area contributed by atoms with E-state index in [2.05, 4.69) is 16.4 Å². The van der Waals surface area contributed by atoms with Crippen LogP contribution in [0.1, 0.15) is 53.3 Å². The summed E-state index contributed by atoms with van der Waals surface area (Å²) < 4.78 is 11.2. The van der Waals surface area contributed by atoms with Gasteiger partial charge in [0.25, 0.3) is 0 Å². The number of benzene rings is 1. The van der Waals surface area contributed by atoms with E-state index in [0.717, 1.165) is 27.3 Å². The first kappa shape index (κ1) is 26.2. The minimum atomic E-state index is -0.381. The second-order valence-corrected chi connectivity index (χ2v) is 9.95. The van der Waals surface area contributed by atoms with Crippen molar-refractivity contribution >= 4 is 28.3 Å². The van der Waals surface area contributed by atoms with Crippen LogP contribution in [-0.4, -0.2) is 41.6 Å². The molecular formula is C28H30N4O4S. The number of fused-ring (bicyclic) bond motifs is 1. The largest absolute Gasteiger partial charge is 0.494 e. The van der Waals surface area contributed by atoms with Crippen LogP contribution < -0.4 is 10.1 Å². The maximum Gasteiger partial charge on any atom is 0.410 e. The molecule has 9 heteroatoms. The van der Waals surface area contributed by atoms with E-state index < -0.39 is 0 Å². The van der Waals surface area contributed by atoms with Gasteiger partial charge >= 0.3 is 6.09 Å². The molecule has 2 amide bonds. The van der Waals surface area contributed by atoms with Gasteiger partial charge in [0.05, 0.1) is 25.3 Å². The van der Waals surface area contributed by atoms with Crippen molar-refractivity contribution in [2.75, 3.05) is 25.1 Å². The smallest absolute Gasteiger partial charge is 0.410 e. The average molecular weight is 519 g/mol. The third-order valence-electron chi connectivity index (χ3n) is 6.26. The van der Waals surface area contributed by atoms with Crippen molar-refractivity contribution in [3.8, 4) is 11.8 Å². The molecule has 0 fully saturated rings. The number of anilines is 1. The summed E-state index contributed by atoms with van der Waals surface area (Å²) in [5, 5.41) is 13.3. The Kier molecular flexibility index (Phi) is 8.75. The van der Waals surface area contributed by atoms with E-state index in [1.807, 2.05) is 50.2 Å². The number of carbonyl (C=O) groups excluding carboxylic acids is 2. The monoisotopic (exact) mass is 518 g/mol. The number of rotatable bonds is 9. The number of amides is 2. The number of aromatic nitrogens is 1. The minimum absolute atomic E-state index is 0.0557. The number of thiophene rings is 1. The maximum absolute atomic E-state index is 12.9. The lowest BCUT2D eigenvalue weighted by atomic mass is 9.96. The summed E-state index contributed by atoms with van der Waals surface area (Å²) in [6.45, 7) is 5.56. The number of ether oxygens (including phenoxy) is 2. The molecule has 3 heterocycles. The van der Waals surface area contributed by atoms with Crippen molar-refractivity contribution in [3.05, 3.63) is 75.9 Å². The zero-order valence-electron chi connectivity index (χ0n) is 21.0. The summed E-state index contributed by atoms with van der Waals surface area (Å²) in [7, 11) is 0. The Bertz CT molecular complexity index is 1290. The van der Waals surface area contributed by atoms with Gasteiger partial charge in [0.15, 0.2) is 0 Å². The summed E-state index contributed by atoms with van der Waals surface area (Å²) in [6, 6.07) is 13.8. The fourth-order valence-corrected chi connectivity index (χ4v) is 5.63. The molecule has 0 saturated heterocycles. The van der Waals surface area contributed by atoms with Gasteiger partial charge in [-0.05, 0) is 48.1 Å². The zero-order chi connectivity index (χ0) is 26.2. The van der Waals surface area contributed by atoms with Crippen molar-refractivity contribution in [2.45, 2.75) is 45.6 Å². The van der Waals surface area contributed by atoms with Crippen LogP contribution in [0.15, 0.2) is 48.8 Å². The molecule has 1 atom stereocenters. The van der Waals surface area contributed by atoms with Crippen LogP contribution in [0.4, 0.5) is 9.80 Å². The summed E-state index contributed by atoms with van der Waals surface area (Å²) >= 11 is 1.35. The van der Waals surface area contributed by atoms with Crippen molar-refractivity contribution in [3.63, 3.8) is 0 Å². The number of carbonyl (C=O) groups is 2. The highest BCUT2D eigenvalue weighted by molar-refractivity contribution is 7.16. The first-order valence-corrected chi connectivity index (χ1v) is 13.2. The zero-order valence-corrected chi connectivity index (χ0v) is 21.8.